The number of amides is 1. The molecule has 0 aromatic heterocycles. The van der Waals surface area contributed by atoms with Gasteiger partial charge in [-0.25, -0.2) is 0 Å². The summed E-state index contributed by atoms with van der Waals surface area (Å²) in [5.74, 6) is -0.107. The lowest BCUT2D eigenvalue weighted by Gasteiger charge is -2.16. The molecule has 0 saturated heterocycles. The zero-order valence-corrected chi connectivity index (χ0v) is 12.6. The third kappa shape index (κ3) is 2.88. The Morgan fingerprint density at radius 1 is 1.14 bits per heavy atom. The summed E-state index contributed by atoms with van der Waals surface area (Å²) in [7, 11) is 1.62. The highest BCUT2D eigenvalue weighted by atomic mass is 35.5. The van der Waals surface area contributed by atoms with Crippen molar-refractivity contribution in [3.8, 4) is 0 Å². The van der Waals surface area contributed by atoms with Crippen LogP contribution < -0.4 is 10.6 Å². The van der Waals surface area contributed by atoms with Crippen molar-refractivity contribution in [2.45, 2.75) is 18.9 Å². The van der Waals surface area contributed by atoms with Crippen LogP contribution in [0.4, 0.5) is 5.69 Å². The van der Waals surface area contributed by atoms with Gasteiger partial charge in [-0.2, -0.15) is 0 Å². The van der Waals surface area contributed by atoms with Crippen LogP contribution in [-0.4, -0.2) is 19.0 Å². The maximum atomic E-state index is 11.7. The van der Waals surface area contributed by atoms with E-state index in [0.717, 1.165) is 18.5 Å². The Hall–Kier alpha value is -2.00. The zero-order valence-electron chi connectivity index (χ0n) is 11.8. The monoisotopic (exact) mass is 300 g/mol. The summed E-state index contributed by atoms with van der Waals surface area (Å²) in [6, 6.07) is 14.1. The second-order valence-corrected chi connectivity index (χ2v) is 5.70. The van der Waals surface area contributed by atoms with E-state index in [4.69, 9.17) is 11.6 Å². The zero-order chi connectivity index (χ0) is 14.8. The van der Waals surface area contributed by atoms with E-state index in [1.807, 2.05) is 6.07 Å². The van der Waals surface area contributed by atoms with Gasteiger partial charge >= 0.3 is 0 Å². The summed E-state index contributed by atoms with van der Waals surface area (Å²) in [6.45, 7) is 0. The molecule has 0 bridgehead atoms. The number of benzene rings is 2. The summed E-state index contributed by atoms with van der Waals surface area (Å²) in [5.41, 5.74) is 4.19. The van der Waals surface area contributed by atoms with Crippen LogP contribution in [0.15, 0.2) is 42.5 Å². The molecule has 0 aliphatic heterocycles. The van der Waals surface area contributed by atoms with Crippen LogP contribution in [0.5, 0.6) is 0 Å². The van der Waals surface area contributed by atoms with Gasteiger partial charge in [-0.05, 0) is 42.2 Å². The number of nitrogens with one attached hydrogen (secondary N) is 2. The molecule has 0 saturated carbocycles. The number of carbonyl (C=O) groups excluding carboxylic acids is 1. The van der Waals surface area contributed by atoms with E-state index < -0.39 is 0 Å². The van der Waals surface area contributed by atoms with E-state index in [0.29, 0.717) is 16.6 Å². The molecule has 21 heavy (non-hydrogen) atoms. The van der Waals surface area contributed by atoms with Gasteiger partial charge in [0, 0.05) is 18.7 Å². The van der Waals surface area contributed by atoms with Crippen molar-refractivity contribution >= 4 is 23.2 Å². The molecular weight excluding hydrogens is 284 g/mol. The van der Waals surface area contributed by atoms with Crippen LogP contribution in [0.3, 0.4) is 0 Å². The maximum absolute atomic E-state index is 11.7. The Bertz CT molecular complexity index is 659. The van der Waals surface area contributed by atoms with Gasteiger partial charge in [0.25, 0.3) is 5.91 Å². The first-order valence-corrected chi connectivity index (χ1v) is 7.40. The number of hydrogen-bond donors (Lipinski definition) is 2. The minimum absolute atomic E-state index is 0.107. The average Bonchev–Trinajstić information content (AvgIpc) is 2.91. The van der Waals surface area contributed by atoms with Gasteiger partial charge in [0.1, 0.15) is 0 Å². The second kappa shape index (κ2) is 5.78. The van der Waals surface area contributed by atoms with E-state index in [1.54, 1.807) is 19.2 Å². The number of fused-ring (bicyclic) bond motifs is 1. The first-order chi connectivity index (χ1) is 10.2. The fourth-order valence-corrected chi connectivity index (χ4v) is 2.97. The highest BCUT2D eigenvalue weighted by molar-refractivity contribution is 6.33. The van der Waals surface area contributed by atoms with E-state index >= 15 is 0 Å². The second-order valence-electron chi connectivity index (χ2n) is 5.29. The third-order valence-electron chi connectivity index (χ3n) is 3.87. The highest BCUT2D eigenvalue weighted by Gasteiger charge is 2.21. The molecule has 0 atom stereocenters. The molecule has 108 valence electrons. The van der Waals surface area contributed by atoms with Crippen LogP contribution in [-0.2, 0) is 12.8 Å². The van der Waals surface area contributed by atoms with Crippen molar-refractivity contribution in [3.05, 3.63) is 64.2 Å². The summed E-state index contributed by atoms with van der Waals surface area (Å²) in [4.78, 5) is 11.7. The van der Waals surface area contributed by atoms with Crippen molar-refractivity contribution < 1.29 is 4.79 Å². The van der Waals surface area contributed by atoms with Crippen molar-refractivity contribution in [2.24, 2.45) is 0 Å². The summed E-state index contributed by atoms with van der Waals surface area (Å²) in [6.07, 6.45) is 1.97. The van der Waals surface area contributed by atoms with E-state index in [2.05, 4.69) is 34.9 Å². The normalized spacial score (nSPS) is 13.8. The fraction of sp³-hybridized carbons (Fsp3) is 0.235. The molecule has 0 unspecified atom stereocenters. The Kier molecular flexibility index (Phi) is 3.84. The van der Waals surface area contributed by atoms with Gasteiger partial charge in [-0.15, -0.1) is 0 Å². The topological polar surface area (TPSA) is 41.1 Å². The standard InChI is InChI=1S/C17H17ClN2O/c1-19-17(21)13-6-7-15(18)16(10-13)20-14-8-11-4-2-3-5-12(11)9-14/h2-7,10,14,20H,8-9H2,1H3,(H,19,21). The maximum Gasteiger partial charge on any atom is 0.251 e. The molecular formula is C17H17ClN2O. The van der Waals surface area contributed by atoms with Crippen molar-refractivity contribution in [1.29, 1.82) is 0 Å². The molecule has 0 heterocycles. The van der Waals surface area contributed by atoms with Crippen LogP contribution >= 0.6 is 11.6 Å². The van der Waals surface area contributed by atoms with Gasteiger partial charge in [-0.1, -0.05) is 35.9 Å². The SMILES string of the molecule is CNC(=O)c1ccc(Cl)c(NC2Cc3ccccc3C2)c1. The number of rotatable bonds is 3. The molecule has 2 aromatic rings. The first-order valence-electron chi connectivity index (χ1n) is 7.02. The predicted octanol–water partition coefficient (Wildman–Crippen LogP) is 3.28. The number of carbonyl (C=O) groups is 1. The average molecular weight is 301 g/mol. The Morgan fingerprint density at radius 2 is 1.81 bits per heavy atom. The minimum atomic E-state index is -0.107. The molecule has 3 nitrogen and oxygen atoms in total. The summed E-state index contributed by atoms with van der Waals surface area (Å²) >= 11 is 6.24. The van der Waals surface area contributed by atoms with Gasteiger partial charge in [0.05, 0.1) is 10.7 Å². The Labute approximate surface area is 129 Å². The summed E-state index contributed by atoms with van der Waals surface area (Å²) in [5, 5.41) is 6.73. The van der Waals surface area contributed by atoms with Gasteiger partial charge in [0.2, 0.25) is 0 Å². The van der Waals surface area contributed by atoms with Crippen LogP contribution in [0.2, 0.25) is 5.02 Å². The molecule has 0 radical (unpaired) electrons. The van der Waals surface area contributed by atoms with Gasteiger partial charge < -0.3 is 10.6 Å². The Balaban J connectivity index is 1.78. The van der Waals surface area contributed by atoms with Crippen molar-refractivity contribution in [3.63, 3.8) is 0 Å². The molecule has 2 aromatic carbocycles. The molecule has 1 aliphatic carbocycles. The largest absolute Gasteiger partial charge is 0.380 e. The molecule has 1 amide bonds. The van der Waals surface area contributed by atoms with Crippen LogP contribution in [0, 0.1) is 0 Å². The predicted molar refractivity (Wildman–Crippen MR) is 86.1 cm³/mol. The van der Waals surface area contributed by atoms with E-state index in [9.17, 15) is 4.79 Å². The number of hydrogen-bond acceptors (Lipinski definition) is 2. The minimum Gasteiger partial charge on any atom is -0.380 e. The number of halogens is 1. The molecule has 1 aliphatic rings. The van der Waals surface area contributed by atoms with Crippen molar-refractivity contribution in [1.82, 2.24) is 5.32 Å². The van der Waals surface area contributed by atoms with Crippen LogP contribution in [0.25, 0.3) is 0 Å². The third-order valence-corrected chi connectivity index (χ3v) is 4.20. The van der Waals surface area contributed by atoms with Gasteiger partial charge in [0.15, 0.2) is 0 Å². The smallest absolute Gasteiger partial charge is 0.251 e. The lowest BCUT2D eigenvalue weighted by atomic mass is 10.1. The highest BCUT2D eigenvalue weighted by Crippen LogP contribution is 2.28. The lowest BCUT2D eigenvalue weighted by molar-refractivity contribution is 0.0963. The first kappa shape index (κ1) is 14.0. The molecule has 4 heteroatoms. The molecule has 2 N–H and O–H groups in total. The summed E-state index contributed by atoms with van der Waals surface area (Å²) < 4.78 is 0. The Morgan fingerprint density at radius 3 is 2.43 bits per heavy atom. The molecule has 3 rings (SSSR count). The number of anilines is 1. The van der Waals surface area contributed by atoms with E-state index in [1.165, 1.54) is 11.1 Å². The fourth-order valence-electron chi connectivity index (χ4n) is 2.80. The van der Waals surface area contributed by atoms with Crippen molar-refractivity contribution in [2.75, 3.05) is 12.4 Å². The lowest BCUT2D eigenvalue weighted by Crippen LogP contribution is -2.21. The molecule has 0 spiro atoms. The van der Waals surface area contributed by atoms with Gasteiger partial charge in [-0.3, -0.25) is 4.79 Å². The molecule has 0 fully saturated rings. The quantitative estimate of drug-likeness (QED) is 0.913. The van der Waals surface area contributed by atoms with Crippen LogP contribution in [0.1, 0.15) is 21.5 Å². The van der Waals surface area contributed by atoms with E-state index in [-0.39, 0.29) is 5.91 Å².